The topological polar surface area (TPSA) is 55.4 Å². The molecule has 0 saturated heterocycles. The van der Waals surface area contributed by atoms with Crippen LogP contribution in [0.2, 0.25) is 5.02 Å². The Morgan fingerprint density at radius 1 is 1.13 bits per heavy atom. The van der Waals surface area contributed by atoms with E-state index in [4.69, 9.17) is 11.6 Å². The number of aryl methyl sites for hydroxylation is 2. The van der Waals surface area contributed by atoms with Gasteiger partial charge < -0.3 is 4.90 Å². The van der Waals surface area contributed by atoms with Gasteiger partial charge in [0, 0.05) is 20.3 Å². The van der Waals surface area contributed by atoms with Crippen molar-refractivity contribution < 1.29 is 13.2 Å². The number of aromatic nitrogens is 4. The van der Waals surface area contributed by atoms with E-state index in [-0.39, 0.29) is 11.2 Å². The second-order valence-electron chi connectivity index (χ2n) is 7.14. The minimum absolute atomic E-state index is 0.0612. The average molecular weight is 436 g/mol. The molecule has 4 aromatic rings. The molecule has 0 aliphatic rings. The number of benzene rings is 1. The summed E-state index contributed by atoms with van der Waals surface area (Å²) in [6.07, 6.45) is -3.13. The molecule has 0 saturated carbocycles. The minimum Gasteiger partial charge on any atom is -0.361 e. The average Bonchev–Trinajstić information content (AvgIpc) is 3.00. The van der Waals surface area contributed by atoms with Gasteiger partial charge in [-0.1, -0.05) is 11.6 Å². The van der Waals surface area contributed by atoms with Crippen molar-refractivity contribution in [3.63, 3.8) is 0 Å². The molecule has 0 fully saturated rings. The first-order valence-corrected chi connectivity index (χ1v) is 9.34. The summed E-state index contributed by atoms with van der Waals surface area (Å²) in [5, 5.41) is -0.455. The Morgan fingerprint density at radius 3 is 2.43 bits per heavy atom. The van der Waals surface area contributed by atoms with Crippen molar-refractivity contribution in [3.8, 4) is 5.69 Å². The molecule has 0 bridgehead atoms. The minimum atomic E-state index is -4.68. The Balaban J connectivity index is 2.30. The van der Waals surface area contributed by atoms with Crippen LogP contribution in [0.5, 0.6) is 0 Å². The van der Waals surface area contributed by atoms with E-state index in [0.29, 0.717) is 28.4 Å². The maximum absolute atomic E-state index is 13.6. The number of pyridine rings is 1. The molecule has 30 heavy (non-hydrogen) atoms. The van der Waals surface area contributed by atoms with E-state index in [1.165, 1.54) is 10.6 Å². The zero-order valence-corrected chi connectivity index (χ0v) is 17.3. The number of halogens is 4. The molecule has 0 unspecified atom stereocenters. The first kappa shape index (κ1) is 20.2. The maximum atomic E-state index is 13.6. The van der Waals surface area contributed by atoms with Gasteiger partial charge >= 0.3 is 6.18 Å². The molecular formula is C20H17ClF3N5O. The Bertz CT molecular complexity index is 1370. The molecule has 4 rings (SSSR count). The molecule has 1 aromatic carbocycles. The quantitative estimate of drug-likeness (QED) is 0.468. The SMILES string of the molecule is Cc1ncccc1-n1c(=O)c2nc(N(C)C)c(C)n2c2cc(Cl)c(C(F)(F)F)cc21. The van der Waals surface area contributed by atoms with Gasteiger partial charge in [-0.2, -0.15) is 13.2 Å². The van der Waals surface area contributed by atoms with Gasteiger partial charge in [0.2, 0.25) is 5.65 Å². The number of hydrogen-bond acceptors (Lipinski definition) is 4. The van der Waals surface area contributed by atoms with E-state index < -0.39 is 22.3 Å². The normalized spacial score (nSPS) is 12.1. The fourth-order valence-electron chi connectivity index (χ4n) is 3.64. The van der Waals surface area contributed by atoms with Crippen LogP contribution in [0.3, 0.4) is 0 Å². The number of anilines is 1. The lowest BCUT2D eigenvalue weighted by Crippen LogP contribution is -2.23. The lowest BCUT2D eigenvalue weighted by atomic mass is 10.1. The highest BCUT2D eigenvalue weighted by atomic mass is 35.5. The van der Waals surface area contributed by atoms with Crippen molar-refractivity contribution in [1.82, 2.24) is 18.9 Å². The van der Waals surface area contributed by atoms with Crippen LogP contribution in [0.25, 0.3) is 22.4 Å². The van der Waals surface area contributed by atoms with Crippen molar-refractivity contribution >= 4 is 34.1 Å². The van der Waals surface area contributed by atoms with Crippen LogP contribution >= 0.6 is 11.6 Å². The van der Waals surface area contributed by atoms with Crippen molar-refractivity contribution in [1.29, 1.82) is 0 Å². The Morgan fingerprint density at radius 2 is 1.83 bits per heavy atom. The Labute approximate surface area is 174 Å². The van der Waals surface area contributed by atoms with Gasteiger partial charge in [-0.25, -0.2) is 4.98 Å². The smallest absolute Gasteiger partial charge is 0.361 e. The molecule has 0 aliphatic heterocycles. The molecule has 0 radical (unpaired) electrons. The van der Waals surface area contributed by atoms with Gasteiger partial charge in [0.05, 0.1) is 38.7 Å². The Kier molecular flexibility index (Phi) is 4.54. The van der Waals surface area contributed by atoms with E-state index in [9.17, 15) is 18.0 Å². The molecule has 0 atom stereocenters. The summed E-state index contributed by atoms with van der Waals surface area (Å²) >= 11 is 6.02. The summed E-state index contributed by atoms with van der Waals surface area (Å²) in [6.45, 7) is 3.43. The van der Waals surface area contributed by atoms with Gasteiger partial charge in [-0.3, -0.25) is 18.7 Å². The van der Waals surface area contributed by atoms with Gasteiger partial charge in [-0.15, -0.1) is 0 Å². The highest BCUT2D eigenvalue weighted by Crippen LogP contribution is 2.38. The van der Waals surface area contributed by atoms with Crippen LogP contribution in [0.15, 0.2) is 35.3 Å². The summed E-state index contributed by atoms with van der Waals surface area (Å²) in [6, 6.07) is 5.37. The second-order valence-corrected chi connectivity index (χ2v) is 7.55. The van der Waals surface area contributed by atoms with E-state index >= 15 is 0 Å². The maximum Gasteiger partial charge on any atom is 0.417 e. The highest BCUT2D eigenvalue weighted by molar-refractivity contribution is 6.32. The zero-order chi connectivity index (χ0) is 22.0. The first-order valence-electron chi connectivity index (χ1n) is 8.96. The number of fused-ring (bicyclic) bond motifs is 3. The third-order valence-corrected chi connectivity index (χ3v) is 5.28. The lowest BCUT2D eigenvalue weighted by Gasteiger charge is -2.17. The number of rotatable bonds is 2. The summed E-state index contributed by atoms with van der Waals surface area (Å²) in [4.78, 5) is 23.8. The Hall–Kier alpha value is -3.07. The van der Waals surface area contributed by atoms with E-state index in [2.05, 4.69) is 9.97 Å². The largest absolute Gasteiger partial charge is 0.417 e. The lowest BCUT2D eigenvalue weighted by molar-refractivity contribution is -0.137. The third kappa shape index (κ3) is 2.92. The number of imidazole rings is 1. The van der Waals surface area contributed by atoms with Crippen LogP contribution in [0.1, 0.15) is 17.0 Å². The molecule has 0 aliphatic carbocycles. The van der Waals surface area contributed by atoms with Crippen LogP contribution in [0, 0.1) is 13.8 Å². The monoisotopic (exact) mass is 435 g/mol. The van der Waals surface area contributed by atoms with Crippen molar-refractivity contribution in [2.45, 2.75) is 20.0 Å². The van der Waals surface area contributed by atoms with Crippen LogP contribution in [-0.4, -0.2) is 33.0 Å². The van der Waals surface area contributed by atoms with Crippen LogP contribution < -0.4 is 10.5 Å². The van der Waals surface area contributed by atoms with Crippen molar-refractivity contribution in [2.75, 3.05) is 19.0 Å². The highest BCUT2D eigenvalue weighted by Gasteiger charge is 2.34. The first-order chi connectivity index (χ1) is 14.0. The molecule has 0 spiro atoms. The molecule has 156 valence electrons. The number of nitrogens with zero attached hydrogens (tertiary/aromatic N) is 5. The van der Waals surface area contributed by atoms with Crippen molar-refractivity contribution in [2.24, 2.45) is 0 Å². The molecular weight excluding hydrogens is 419 g/mol. The molecule has 3 heterocycles. The molecule has 10 heteroatoms. The summed E-state index contributed by atoms with van der Waals surface area (Å²) < 4.78 is 43.5. The second kappa shape index (κ2) is 6.73. The standard InChI is InChI=1S/C20H17ClF3N5O/c1-10-14(6-5-7-25-10)29-15-8-12(20(22,23)24)13(21)9-16(15)28-11(2)17(27(3)4)26-18(28)19(29)30/h5-9H,1-4H3. The molecule has 0 amide bonds. The van der Waals surface area contributed by atoms with Crippen LogP contribution in [0.4, 0.5) is 19.0 Å². The summed E-state index contributed by atoms with van der Waals surface area (Å²) in [5.74, 6) is 0.532. The van der Waals surface area contributed by atoms with E-state index in [0.717, 1.165) is 6.07 Å². The van der Waals surface area contributed by atoms with Crippen molar-refractivity contribution in [3.05, 3.63) is 62.8 Å². The fraction of sp³-hybridized carbons (Fsp3) is 0.250. The fourth-order valence-corrected chi connectivity index (χ4v) is 3.90. The molecule has 6 nitrogen and oxygen atoms in total. The van der Waals surface area contributed by atoms with Gasteiger partial charge in [0.15, 0.2) is 5.82 Å². The molecule has 0 N–H and O–H groups in total. The van der Waals surface area contributed by atoms with E-state index in [1.54, 1.807) is 55.6 Å². The van der Waals surface area contributed by atoms with Gasteiger partial charge in [0.1, 0.15) is 0 Å². The summed E-state index contributed by atoms with van der Waals surface area (Å²) in [7, 11) is 3.55. The van der Waals surface area contributed by atoms with E-state index in [1.807, 2.05) is 0 Å². The zero-order valence-electron chi connectivity index (χ0n) is 16.5. The third-order valence-electron chi connectivity index (χ3n) is 4.97. The molecule has 3 aromatic heterocycles. The number of hydrogen-bond donors (Lipinski definition) is 0. The number of alkyl halides is 3. The van der Waals surface area contributed by atoms with Crippen LogP contribution in [-0.2, 0) is 6.18 Å². The predicted octanol–water partition coefficient (Wildman–Crippen LogP) is 4.39. The predicted molar refractivity (Wildman–Crippen MR) is 110 cm³/mol. The van der Waals surface area contributed by atoms with Gasteiger partial charge in [-0.05, 0) is 38.1 Å². The van der Waals surface area contributed by atoms with Gasteiger partial charge in [0.25, 0.3) is 5.56 Å². The summed E-state index contributed by atoms with van der Waals surface area (Å²) in [5.41, 5.74) is 0.393.